The van der Waals surface area contributed by atoms with Crippen molar-refractivity contribution in [2.45, 2.75) is 57.5 Å². The molecule has 116 valence electrons. The highest BCUT2D eigenvalue weighted by Gasteiger charge is 2.48. The lowest BCUT2D eigenvalue weighted by atomic mass is 9.85. The van der Waals surface area contributed by atoms with E-state index in [0.717, 1.165) is 25.7 Å². The van der Waals surface area contributed by atoms with Crippen molar-refractivity contribution in [3.63, 3.8) is 0 Å². The van der Waals surface area contributed by atoms with E-state index >= 15 is 0 Å². The number of likely N-dealkylation sites (tertiary alicyclic amines) is 1. The van der Waals surface area contributed by atoms with Gasteiger partial charge >= 0.3 is 12.0 Å². The van der Waals surface area contributed by atoms with Gasteiger partial charge in [-0.2, -0.15) is 0 Å². The highest BCUT2D eigenvalue weighted by atomic mass is 16.4. The summed E-state index contributed by atoms with van der Waals surface area (Å²) in [7, 11) is 0. The second-order valence-corrected chi connectivity index (χ2v) is 6.65. The maximum Gasteiger partial charge on any atom is 0.326 e. The van der Waals surface area contributed by atoms with Gasteiger partial charge in [0.2, 0.25) is 0 Å². The molecular weight excluding hydrogens is 268 g/mol. The maximum absolute atomic E-state index is 12.9. The van der Waals surface area contributed by atoms with Crippen molar-refractivity contribution in [3.8, 4) is 0 Å². The lowest BCUT2D eigenvalue weighted by Gasteiger charge is -2.37. The van der Waals surface area contributed by atoms with E-state index in [2.05, 4.69) is 6.08 Å². The molecule has 1 saturated carbocycles. The topological polar surface area (TPSA) is 60.9 Å². The Balaban J connectivity index is 1.81. The molecule has 0 radical (unpaired) electrons. The molecule has 3 aliphatic rings. The molecule has 0 bridgehead atoms. The van der Waals surface area contributed by atoms with Crippen LogP contribution in [0.15, 0.2) is 11.6 Å². The van der Waals surface area contributed by atoms with Crippen LogP contribution in [0.1, 0.15) is 45.4 Å². The molecule has 5 nitrogen and oxygen atoms in total. The fourth-order valence-corrected chi connectivity index (χ4v) is 4.19. The highest BCUT2D eigenvalue weighted by molar-refractivity contribution is 5.84. The smallest absolute Gasteiger partial charge is 0.326 e. The fraction of sp³-hybridized carbons (Fsp3) is 0.750. The first-order valence-corrected chi connectivity index (χ1v) is 8.03. The van der Waals surface area contributed by atoms with Gasteiger partial charge in [-0.05, 0) is 38.5 Å². The SMILES string of the molecule is CC1=CCCN(C(=O)N2C(C(=O)O)CC3CCCCC32)C1. The van der Waals surface area contributed by atoms with Crippen LogP contribution in [0.25, 0.3) is 0 Å². The molecule has 1 saturated heterocycles. The zero-order chi connectivity index (χ0) is 15.0. The summed E-state index contributed by atoms with van der Waals surface area (Å²) in [6.45, 7) is 3.37. The number of urea groups is 1. The highest BCUT2D eigenvalue weighted by Crippen LogP contribution is 2.40. The van der Waals surface area contributed by atoms with E-state index in [-0.39, 0.29) is 12.1 Å². The summed E-state index contributed by atoms with van der Waals surface area (Å²) < 4.78 is 0. The molecule has 3 rings (SSSR count). The lowest BCUT2D eigenvalue weighted by molar-refractivity contribution is -0.141. The number of nitrogens with zero attached hydrogens (tertiary/aromatic N) is 2. The summed E-state index contributed by atoms with van der Waals surface area (Å²) in [6.07, 6.45) is 7.97. The number of aliphatic carboxylic acids is 1. The molecular formula is C16H24N2O3. The first-order chi connectivity index (χ1) is 10.1. The molecule has 1 N–H and O–H groups in total. The number of carboxylic acids is 1. The van der Waals surface area contributed by atoms with E-state index in [9.17, 15) is 14.7 Å². The number of hydrogen-bond acceptors (Lipinski definition) is 2. The molecule has 2 fully saturated rings. The number of carbonyl (C=O) groups is 2. The van der Waals surface area contributed by atoms with Crippen molar-refractivity contribution in [1.82, 2.24) is 9.80 Å². The van der Waals surface area contributed by atoms with Crippen molar-refractivity contribution >= 4 is 12.0 Å². The molecule has 0 aromatic rings. The standard InChI is InChI=1S/C16H24N2O3/c1-11-5-4-8-17(10-11)16(21)18-13-7-3-2-6-12(13)9-14(18)15(19)20/h5,12-14H,2-4,6-10H2,1H3,(H,19,20). The van der Waals surface area contributed by atoms with Crippen LogP contribution >= 0.6 is 0 Å². The van der Waals surface area contributed by atoms with Gasteiger partial charge < -0.3 is 14.9 Å². The van der Waals surface area contributed by atoms with Gasteiger partial charge in [0, 0.05) is 19.1 Å². The average Bonchev–Trinajstić information content (AvgIpc) is 2.86. The van der Waals surface area contributed by atoms with Crippen molar-refractivity contribution in [3.05, 3.63) is 11.6 Å². The van der Waals surface area contributed by atoms with Gasteiger partial charge in [0.15, 0.2) is 0 Å². The van der Waals surface area contributed by atoms with Crippen LogP contribution in [0.5, 0.6) is 0 Å². The minimum atomic E-state index is -0.845. The Labute approximate surface area is 125 Å². The summed E-state index contributed by atoms with van der Waals surface area (Å²) in [5, 5.41) is 9.51. The van der Waals surface area contributed by atoms with E-state index in [1.807, 2.05) is 11.8 Å². The van der Waals surface area contributed by atoms with Crippen LogP contribution in [-0.4, -0.2) is 52.1 Å². The molecule has 3 atom stereocenters. The van der Waals surface area contributed by atoms with Gasteiger partial charge in [-0.15, -0.1) is 0 Å². The minimum absolute atomic E-state index is 0.0655. The number of carbonyl (C=O) groups excluding carboxylic acids is 1. The predicted molar refractivity (Wildman–Crippen MR) is 79.0 cm³/mol. The fourth-order valence-electron chi connectivity index (χ4n) is 4.19. The van der Waals surface area contributed by atoms with E-state index in [1.54, 1.807) is 4.90 Å². The molecule has 2 amide bonds. The quantitative estimate of drug-likeness (QED) is 0.755. The molecule has 0 aromatic heterocycles. The van der Waals surface area contributed by atoms with Crippen LogP contribution in [0.3, 0.4) is 0 Å². The Morgan fingerprint density at radius 2 is 2.05 bits per heavy atom. The third-order valence-corrected chi connectivity index (χ3v) is 5.20. The first kappa shape index (κ1) is 14.4. The van der Waals surface area contributed by atoms with Crippen molar-refractivity contribution in [1.29, 1.82) is 0 Å². The Kier molecular flexibility index (Phi) is 3.91. The number of amides is 2. The van der Waals surface area contributed by atoms with E-state index in [4.69, 9.17) is 0 Å². The zero-order valence-corrected chi connectivity index (χ0v) is 12.6. The Bertz CT molecular complexity index is 474. The predicted octanol–water partition coefficient (Wildman–Crippen LogP) is 2.48. The molecule has 3 unspecified atom stereocenters. The zero-order valence-electron chi connectivity index (χ0n) is 12.6. The van der Waals surface area contributed by atoms with Gasteiger partial charge in [-0.3, -0.25) is 0 Å². The second-order valence-electron chi connectivity index (χ2n) is 6.65. The molecule has 21 heavy (non-hydrogen) atoms. The number of hydrogen-bond donors (Lipinski definition) is 1. The van der Waals surface area contributed by atoms with Gasteiger partial charge in [-0.25, -0.2) is 9.59 Å². The second kappa shape index (κ2) is 5.70. The number of rotatable bonds is 1. The minimum Gasteiger partial charge on any atom is -0.480 e. The molecule has 1 aliphatic carbocycles. The van der Waals surface area contributed by atoms with E-state index in [1.165, 1.54) is 12.0 Å². The molecule has 2 aliphatic heterocycles. The first-order valence-electron chi connectivity index (χ1n) is 8.03. The van der Waals surface area contributed by atoms with Gasteiger partial charge in [0.05, 0.1) is 0 Å². The molecule has 5 heteroatoms. The van der Waals surface area contributed by atoms with E-state index < -0.39 is 12.0 Å². The summed E-state index contributed by atoms with van der Waals surface area (Å²) in [6, 6.07) is -0.556. The van der Waals surface area contributed by atoms with E-state index in [0.29, 0.717) is 25.4 Å². The van der Waals surface area contributed by atoms with Crippen molar-refractivity contribution < 1.29 is 14.7 Å². The number of fused-ring (bicyclic) bond motifs is 1. The van der Waals surface area contributed by atoms with Crippen LogP contribution < -0.4 is 0 Å². The van der Waals surface area contributed by atoms with Crippen LogP contribution in [0.4, 0.5) is 4.79 Å². The normalized spacial score (nSPS) is 32.6. The third-order valence-electron chi connectivity index (χ3n) is 5.20. The molecule has 0 aromatic carbocycles. The van der Waals surface area contributed by atoms with Crippen molar-refractivity contribution in [2.24, 2.45) is 5.92 Å². The van der Waals surface area contributed by atoms with Crippen LogP contribution in [0, 0.1) is 5.92 Å². The monoisotopic (exact) mass is 292 g/mol. The van der Waals surface area contributed by atoms with Crippen LogP contribution in [-0.2, 0) is 4.79 Å². The van der Waals surface area contributed by atoms with Gasteiger partial charge in [-0.1, -0.05) is 24.5 Å². The summed E-state index contributed by atoms with van der Waals surface area (Å²) in [5.41, 5.74) is 1.20. The lowest BCUT2D eigenvalue weighted by Crippen LogP contribution is -2.53. The molecule has 0 spiro atoms. The average molecular weight is 292 g/mol. The van der Waals surface area contributed by atoms with Crippen molar-refractivity contribution in [2.75, 3.05) is 13.1 Å². The molecule has 2 heterocycles. The van der Waals surface area contributed by atoms with Gasteiger partial charge in [0.1, 0.15) is 6.04 Å². The summed E-state index contributed by atoms with van der Waals surface area (Å²) >= 11 is 0. The summed E-state index contributed by atoms with van der Waals surface area (Å²) in [4.78, 5) is 28.0. The number of carboxylic acid groups (broad SMARTS) is 1. The largest absolute Gasteiger partial charge is 0.480 e. The Morgan fingerprint density at radius 3 is 2.76 bits per heavy atom. The Hall–Kier alpha value is -1.52. The van der Waals surface area contributed by atoms with Gasteiger partial charge in [0.25, 0.3) is 0 Å². The van der Waals surface area contributed by atoms with Crippen LogP contribution in [0.2, 0.25) is 0 Å². The Morgan fingerprint density at radius 1 is 1.29 bits per heavy atom. The third kappa shape index (κ3) is 2.65. The summed E-state index contributed by atoms with van der Waals surface area (Å²) in [5.74, 6) is -0.466. The maximum atomic E-state index is 12.9.